The van der Waals surface area contributed by atoms with Crippen LogP contribution in [0.15, 0.2) is 18.2 Å². The monoisotopic (exact) mass is 206 g/mol. The first kappa shape index (κ1) is 9.98. The molecule has 0 radical (unpaired) electrons. The van der Waals surface area contributed by atoms with Gasteiger partial charge in [-0.05, 0) is 36.6 Å². The lowest BCUT2D eigenvalue weighted by atomic mass is 9.99. The Balaban J connectivity index is 2.37. The Morgan fingerprint density at radius 2 is 2.33 bits per heavy atom. The molecule has 80 valence electrons. The number of nitrogens with zero attached hydrogens (tertiary/aromatic N) is 1. The van der Waals surface area contributed by atoms with Gasteiger partial charge in [0.2, 0.25) is 0 Å². The van der Waals surface area contributed by atoms with Crippen LogP contribution in [-0.2, 0) is 6.42 Å². The first-order chi connectivity index (χ1) is 7.22. The van der Waals surface area contributed by atoms with Gasteiger partial charge >= 0.3 is 0 Å². The van der Waals surface area contributed by atoms with Gasteiger partial charge in [0.1, 0.15) is 0 Å². The van der Waals surface area contributed by atoms with E-state index >= 15 is 0 Å². The summed E-state index contributed by atoms with van der Waals surface area (Å²) >= 11 is 0. The predicted octanol–water partition coefficient (Wildman–Crippen LogP) is 1.19. The molecule has 1 aromatic rings. The standard InChI is InChI=1S/C11H14N2O2/c1-13-6-2-3-8-7-9(11(14)12-15)4-5-10(8)13/h4-5,7,15H,2-3,6H2,1H3,(H,12,14). The third-order valence-electron chi connectivity index (χ3n) is 2.79. The Kier molecular flexibility index (Phi) is 2.60. The molecule has 15 heavy (non-hydrogen) atoms. The summed E-state index contributed by atoms with van der Waals surface area (Å²) in [5, 5.41) is 8.53. The van der Waals surface area contributed by atoms with Crippen molar-refractivity contribution >= 4 is 11.6 Å². The van der Waals surface area contributed by atoms with Crippen LogP contribution in [0.5, 0.6) is 0 Å². The summed E-state index contributed by atoms with van der Waals surface area (Å²) in [5.74, 6) is -0.453. The number of rotatable bonds is 1. The summed E-state index contributed by atoms with van der Waals surface area (Å²) in [5.41, 5.74) is 4.50. The highest BCUT2D eigenvalue weighted by Crippen LogP contribution is 2.26. The number of hydrogen-bond donors (Lipinski definition) is 2. The summed E-state index contributed by atoms with van der Waals surface area (Å²) in [6.45, 7) is 1.05. The van der Waals surface area contributed by atoms with Gasteiger partial charge < -0.3 is 4.90 Å². The number of carbonyl (C=O) groups excluding carboxylic acids is 1. The third-order valence-corrected chi connectivity index (χ3v) is 2.79. The molecule has 1 aliphatic rings. The van der Waals surface area contributed by atoms with Crippen molar-refractivity contribution in [1.29, 1.82) is 0 Å². The van der Waals surface area contributed by atoms with E-state index in [1.54, 1.807) is 11.5 Å². The van der Waals surface area contributed by atoms with Crippen LogP contribution in [0.25, 0.3) is 0 Å². The zero-order chi connectivity index (χ0) is 10.8. The number of amides is 1. The lowest BCUT2D eigenvalue weighted by molar-refractivity contribution is 0.0706. The van der Waals surface area contributed by atoms with E-state index in [0.717, 1.165) is 19.4 Å². The fraction of sp³-hybridized carbons (Fsp3) is 0.364. The van der Waals surface area contributed by atoms with Crippen molar-refractivity contribution in [3.8, 4) is 0 Å². The summed E-state index contributed by atoms with van der Waals surface area (Å²) in [6, 6.07) is 5.50. The smallest absolute Gasteiger partial charge is 0.274 e. The summed E-state index contributed by atoms with van der Waals surface area (Å²) in [4.78, 5) is 13.4. The zero-order valence-electron chi connectivity index (χ0n) is 8.66. The molecular formula is C11H14N2O2. The number of hydroxylamine groups is 1. The Bertz CT molecular complexity index is 390. The zero-order valence-corrected chi connectivity index (χ0v) is 8.66. The highest BCUT2D eigenvalue weighted by Gasteiger charge is 2.15. The molecule has 0 unspecified atom stereocenters. The van der Waals surface area contributed by atoms with Crippen molar-refractivity contribution in [2.75, 3.05) is 18.5 Å². The maximum absolute atomic E-state index is 11.2. The SMILES string of the molecule is CN1CCCc2cc(C(=O)NO)ccc21. The van der Waals surface area contributed by atoms with Crippen LogP contribution >= 0.6 is 0 Å². The van der Waals surface area contributed by atoms with Gasteiger partial charge in [-0.1, -0.05) is 0 Å². The molecule has 4 heteroatoms. The molecule has 1 aliphatic heterocycles. The summed E-state index contributed by atoms with van der Waals surface area (Å²) < 4.78 is 0. The topological polar surface area (TPSA) is 52.6 Å². The van der Waals surface area contributed by atoms with Gasteiger partial charge in [-0.2, -0.15) is 0 Å². The van der Waals surface area contributed by atoms with E-state index in [1.165, 1.54) is 11.3 Å². The van der Waals surface area contributed by atoms with Crippen molar-refractivity contribution in [2.24, 2.45) is 0 Å². The maximum Gasteiger partial charge on any atom is 0.274 e. The van der Waals surface area contributed by atoms with Crippen LogP contribution in [0, 0.1) is 0 Å². The molecule has 4 nitrogen and oxygen atoms in total. The van der Waals surface area contributed by atoms with Crippen molar-refractivity contribution in [2.45, 2.75) is 12.8 Å². The molecular weight excluding hydrogens is 192 g/mol. The van der Waals surface area contributed by atoms with E-state index in [9.17, 15) is 4.79 Å². The highest BCUT2D eigenvalue weighted by atomic mass is 16.5. The molecule has 0 aromatic heterocycles. The number of hydrogen-bond acceptors (Lipinski definition) is 3. The molecule has 0 fully saturated rings. The van der Waals surface area contributed by atoms with Gasteiger partial charge in [0.05, 0.1) is 0 Å². The lowest BCUT2D eigenvalue weighted by Gasteiger charge is -2.27. The molecule has 0 bridgehead atoms. The number of nitrogens with one attached hydrogen (secondary N) is 1. The molecule has 0 saturated heterocycles. The van der Waals surface area contributed by atoms with Crippen LogP contribution in [-0.4, -0.2) is 24.7 Å². The van der Waals surface area contributed by atoms with E-state index in [4.69, 9.17) is 5.21 Å². The average Bonchev–Trinajstić information content (AvgIpc) is 2.28. The van der Waals surface area contributed by atoms with Crippen molar-refractivity contribution in [1.82, 2.24) is 5.48 Å². The molecule has 1 aromatic carbocycles. The minimum atomic E-state index is -0.453. The number of aryl methyl sites for hydroxylation is 1. The number of anilines is 1. The molecule has 0 aliphatic carbocycles. The first-order valence-corrected chi connectivity index (χ1v) is 5.01. The Morgan fingerprint density at radius 1 is 1.53 bits per heavy atom. The largest absolute Gasteiger partial charge is 0.374 e. The average molecular weight is 206 g/mol. The van der Waals surface area contributed by atoms with Crippen molar-refractivity contribution < 1.29 is 10.0 Å². The van der Waals surface area contributed by atoms with Crippen LogP contribution in [0.2, 0.25) is 0 Å². The van der Waals surface area contributed by atoms with Gasteiger partial charge in [0, 0.05) is 24.8 Å². The van der Waals surface area contributed by atoms with Crippen LogP contribution in [0.4, 0.5) is 5.69 Å². The molecule has 0 saturated carbocycles. The second-order valence-electron chi connectivity index (χ2n) is 3.81. The Morgan fingerprint density at radius 3 is 3.07 bits per heavy atom. The van der Waals surface area contributed by atoms with E-state index in [-0.39, 0.29) is 0 Å². The number of fused-ring (bicyclic) bond motifs is 1. The van der Waals surface area contributed by atoms with Gasteiger partial charge in [-0.15, -0.1) is 0 Å². The molecule has 1 amide bonds. The minimum Gasteiger partial charge on any atom is -0.374 e. The van der Waals surface area contributed by atoms with Crippen LogP contribution < -0.4 is 10.4 Å². The molecule has 2 N–H and O–H groups in total. The minimum absolute atomic E-state index is 0.453. The molecule has 0 atom stereocenters. The highest BCUT2D eigenvalue weighted by molar-refractivity contribution is 5.94. The molecule has 2 rings (SSSR count). The van der Waals surface area contributed by atoms with Crippen molar-refractivity contribution in [3.05, 3.63) is 29.3 Å². The van der Waals surface area contributed by atoms with Crippen molar-refractivity contribution in [3.63, 3.8) is 0 Å². The fourth-order valence-electron chi connectivity index (χ4n) is 1.99. The fourth-order valence-corrected chi connectivity index (χ4v) is 1.99. The van der Waals surface area contributed by atoms with E-state index in [0.29, 0.717) is 5.56 Å². The normalized spacial score (nSPS) is 14.7. The predicted molar refractivity (Wildman–Crippen MR) is 57.3 cm³/mol. The Hall–Kier alpha value is -1.55. The van der Waals surface area contributed by atoms with Gasteiger partial charge in [-0.3, -0.25) is 10.0 Å². The summed E-state index contributed by atoms with van der Waals surface area (Å²) in [7, 11) is 2.05. The first-order valence-electron chi connectivity index (χ1n) is 5.01. The Labute approximate surface area is 88.5 Å². The second kappa shape index (κ2) is 3.90. The third kappa shape index (κ3) is 1.80. The van der Waals surface area contributed by atoms with E-state index in [2.05, 4.69) is 4.90 Å². The number of benzene rings is 1. The molecule has 1 heterocycles. The van der Waals surface area contributed by atoms with Gasteiger partial charge in [-0.25, -0.2) is 5.48 Å². The van der Waals surface area contributed by atoms with Crippen LogP contribution in [0.3, 0.4) is 0 Å². The molecule has 0 spiro atoms. The maximum atomic E-state index is 11.2. The van der Waals surface area contributed by atoms with Gasteiger partial charge in [0.25, 0.3) is 5.91 Å². The lowest BCUT2D eigenvalue weighted by Crippen LogP contribution is -2.25. The van der Waals surface area contributed by atoms with Gasteiger partial charge in [0.15, 0.2) is 0 Å². The second-order valence-corrected chi connectivity index (χ2v) is 3.81. The van der Waals surface area contributed by atoms with E-state index in [1.807, 2.05) is 19.2 Å². The number of carbonyl (C=O) groups is 1. The quantitative estimate of drug-likeness (QED) is 0.536. The van der Waals surface area contributed by atoms with E-state index < -0.39 is 5.91 Å². The summed E-state index contributed by atoms with van der Waals surface area (Å²) in [6.07, 6.45) is 2.10. The van der Waals surface area contributed by atoms with Crippen LogP contribution in [0.1, 0.15) is 22.3 Å².